The summed E-state index contributed by atoms with van der Waals surface area (Å²) < 4.78 is 10.1. The second kappa shape index (κ2) is 6.65. The number of hydrogen-bond donors (Lipinski definition) is 2. The van der Waals surface area contributed by atoms with Crippen molar-refractivity contribution in [3.63, 3.8) is 0 Å². The van der Waals surface area contributed by atoms with E-state index in [-0.39, 0.29) is 5.91 Å². The van der Waals surface area contributed by atoms with Gasteiger partial charge < -0.3 is 20.1 Å². The number of carbonyl (C=O) groups excluding carboxylic acids is 1. The minimum absolute atomic E-state index is 0.0837. The van der Waals surface area contributed by atoms with Gasteiger partial charge in [0, 0.05) is 26.3 Å². The second-order valence-electron chi connectivity index (χ2n) is 4.48. The van der Waals surface area contributed by atoms with Gasteiger partial charge in [-0.25, -0.2) is 0 Å². The molecule has 0 atom stereocenters. The summed E-state index contributed by atoms with van der Waals surface area (Å²) in [5.41, 5.74) is 3.08. The molecule has 1 aromatic carbocycles. The normalized spacial score (nSPS) is 14.3. The molecule has 0 aliphatic carbocycles. The molecule has 0 unspecified atom stereocenters. The fourth-order valence-electron chi connectivity index (χ4n) is 2.26. The molecule has 0 fully saturated rings. The van der Waals surface area contributed by atoms with Crippen molar-refractivity contribution in [3.8, 4) is 0 Å². The first-order chi connectivity index (χ1) is 9.26. The van der Waals surface area contributed by atoms with E-state index in [9.17, 15) is 4.79 Å². The van der Waals surface area contributed by atoms with Gasteiger partial charge in [0.1, 0.15) is 0 Å². The number of nitrogens with one attached hydrogen (secondary N) is 2. The van der Waals surface area contributed by atoms with Gasteiger partial charge >= 0.3 is 0 Å². The molecule has 19 heavy (non-hydrogen) atoms. The Bertz CT molecular complexity index is 444. The van der Waals surface area contributed by atoms with E-state index in [1.807, 2.05) is 12.1 Å². The number of ether oxygens (including phenoxy) is 2. The number of hydrogen-bond acceptors (Lipinski definition) is 4. The molecular weight excluding hydrogens is 244 g/mol. The zero-order valence-corrected chi connectivity index (χ0v) is 11.4. The topological polar surface area (TPSA) is 59.6 Å². The first kappa shape index (κ1) is 14.0. The Morgan fingerprint density at radius 1 is 1.42 bits per heavy atom. The zero-order valence-electron chi connectivity index (χ0n) is 11.4. The molecule has 104 valence electrons. The van der Waals surface area contributed by atoms with Crippen molar-refractivity contribution in [2.45, 2.75) is 19.3 Å². The molecule has 1 aliphatic rings. The van der Waals surface area contributed by atoms with Crippen LogP contribution in [0.5, 0.6) is 0 Å². The Hall–Kier alpha value is -1.43. The Morgan fingerprint density at radius 3 is 2.95 bits per heavy atom. The van der Waals surface area contributed by atoms with E-state index in [0.717, 1.165) is 30.6 Å². The number of methoxy groups -OCH3 is 2. The minimum atomic E-state index is -0.415. The van der Waals surface area contributed by atoms with Gasteiger partial charge in [0.2, 0.25) is 0 Å². The van der Waals surface area contributed by atoms with E-state index >= 15 is 0 Å². The maximum Gasteiger partial charge on any atom is 0.251 e. The van der Waals surface area contributed by atoms with Gasteiger partial charge in [-0.1, -0.05) is 12.1 Å². The summed E-state index contributed by atoms with van der Waals surface area (Å²) in [4.78, 5) is 12.2. The fourth-order valence-corrected chi connectivity index (χ4v) is 2.26. The summed E-state index contributed by atoms with van der Waals surface area (Å²) in [5, 5.41) is 6.13. The van der Waals surface area contributed by atoms with E-state index < -0.39 is 6.29 Å². The van der Waals surface area contributed by atoms with Crippen molar-refractivity contribution < 1.29 is 14.3 Å². The molecule has 0 saturated carbocycles. The smallest absolute Gasteiger partial charge is 0.251 e. The summed E-state index contributed by atoms with van der Waals surface area (Å²) in [7, 11) is 3.10. The Labute approximate surface area is 113 Å². The quantitative estimate of drug-likeness (QED) is 0.768. The van der Waals surface area contributed by atoms with Crippen molar-refractivity contribution in [1.29, 1.82) is 0 Å². The van der Waals surface area contributed by atoms with Crippen molar-refractivity contribution in [3.05, 3.63) is 34.9 Å². The third-order valence-corrected chi connectivity index (χ3v) is 3.35. The van der Waals surface area contributed by atoms with E-state index in [2.05, 4.69) is 16.7 Å². The van der Waals surface area contributed by atoms with Crippen LogP contribution in [0.15, 0.2) is 18.2 Å². The first-order valence-corrected chi connectivity index (χ1v) is 6.41. The number of fused-ring (bicyclic) bond motifs is 1. The molecule has 2 rings (SSSR count). The van der Waals surface area contributed by atoms with Crippen LogP contribution >= 0.6 is 0 Å². The highest BCUT2D eigenvalue weighted by Crippen LogP contribution is 2.18. The van der Waals surface area contributed by atoms with E-state index in [1.165, 1.54) is 5.56 Å². The van der Waals surface area contributed by atoms with Gasteiger partial charge in [-0.3, -0.25) is 4.79 Å². The Morgan fingerprint density at radius 2 is 2.21 bits per heavy atom. The van der Waals surface area contributed by atoms with Crippen molar-refractivity contribution in [2.24, 2.45) is 0 Å². The van der Waals surface area contributed by atoms with Gasteiger partial charge in [0.15, 0.2) is 6.29 Å². The van der Waals surface area contributed by atoms with E-state index in [0.29, 0.717) is 6.54 Å². The molecule has 0 bridgehead atoms. The Balaban J connectivity index is 2.07. The predicted molar refractivity (Wildman–Crippen MR) is 72.0 cm³/mol. The number of carbonyl (C=O) groups is 1. The van der Waals surface area contributed by atoms with E-state index in [1.54, 1.807) is 14.2 Å². The molecule has 0 radical (unpaired) electrons. The van der Waals surface area contributed by atoms with Gasteiger partial charge in [0.25, 0.3) is 5.91 Å². The van der Waals surface area contributed by atoms with Gasteiger partial charge in [0.05, 0.1) is 6.54 Å². The molecule has 0 spiro atoms. The molecule has 2 N–H and O–H groups in total. The van der Waals surface area contributed by atoms with E-state index in [4.69, 9.17) is 9.47 Å². The van der Waals surface area contributed by atoms with Crippen molar-refractivity contribution in [2.75, 3.05) is 27.3 Å². The second-order valence-corrected chi connectivity index (χ2v) is 4.48. The number of amides is 1. The summed E-state index contributed by atoms with van der Waals surface area (Å²) in [6.45, 7) is 2.05. The van der Waals surface area contributed by atoms with Crippen molar-refractivity contribution in [1.82, 2.24) is 10.6 Å². The molecule has 1 heterocycles. The lowest BCUT2D eigenvalue weighted by molar-refractivity contribution is -0.0974. The largest absolute Gasteiger partial charge is 0.354 e. The molecule has 1 amide bonds. The van der Waals surface area contributed by atoms with Crippen LogP contribution in [0.1, 0.15) is 21.5 Å². The lowest BCUT2D eigenvalue weighted by Crippen LogP contribution is -2.35. The highest BCUT2D eigenvalue weighted by molar-refractivity contribution is 5.96. The highest BCUT2D eigenvalue weighted by atomic mass is 16.7. The standard InChI is InChI=1S/C14H20N2O3/c1-18-13(19-2)9-16-14(17)11-5-3-4-10-6-7-15-8-12(10)11/h3-5,13,15H,6-9H2,1-2H3,(H,16,17). The van der Waals surface area contributed by atoms with Crippen LogP contribution in [0.25, 0.3) is 0 Å². The molecule has 0 saturated heterocycles. The van der Waals surface area contributed by atoms with Crippen LogP contribution in [-0.2, 0) is 22.4 Å². The van der Waals surface area contributed by atoms with Crippen molar-refractivity contribution >= 4 is 5.91 Å². The van der Waals surface area contributed by atoms with Gasteiger partial charge in [-0.2, -0.15) is 0 Å². The minimum Gasteiger partial charge on any atom is -0.354 e. The summed E-state index contributed by atoms with van der Waals surface area (Å²) in [6.07, 6.45) is 0.552. The molecular formula is C14H20N2O3. The fraction of sp³-hybridized carbons (Fsp3) is 0.500. The van der Waals surface area contributed by atoms with Gasteiger partial charge in [-0.05, 0) is 30.2 Å². The average Bonchev–Trinajstić information content (AvgIpc) is 2.47. The SMILES string of the molecule is COC(CNC(=O)c1cccc2c1CNCC2)OC. The van der Waals surface area contributed by atoms with Crippen LogP contribution in [0.2, 0.25) is 0 Å². The predicted octanol–water partition coefficient (Wildman–Crippen LogP) is 0.681. The third-order valence-electron chi connectivity index (χ3n) is 3.35. The summed E-state index contributed by atoms with van der Waals surface area (Å²) in [6, 6.07) is 5.87. The Kier molecular flexibility index (Phi) is 4.90. The van der Waals surface area contributed by atoms with Crippen LogP contribution in [0, 0.1) is 0 Å². The zero-order chi connectivity index (χ0) is 13.7. The maximum absolute atomic E-state index is 12.2. The van der Waals surface area contributed by atoms with Crippen LogP contribution in [0.3, 0.4) is 0 Å². The average molecular weight is 264 g/mol. The molecule has 1 aromatic rings. The first-order valence-electron chi connectivity index (χ1n) is 6.41. The summed E-state index contributed by atoms with van der Waals surface area (Å²) >= 11 is 0. The van der Waals surface area contributed by atoms with Crippen LogP contribution in [-0.4, -0.2) is 39.5 Å². The highest BCUT2D eigenvalue weighted by Gasteiger charge is 2.17. The molecule has 0 aromatic heterocycles. The van der Waals surface area contributed by atoms with Crippen LogP contribution in [0.4, 0.5) is 0 Å². The lowest BCUT2D eigenvalue weighted by Gasteiger charge is -2.20. The summed E-state index contributed by atoms with van der Waals surface area (Å²) in [5.74, 6) is -0.0837. The van der Waals surface area contributed by atoms with Crippen LogP contribution < -0.4 is 10.6 Å². The number of benzene rings is 1. The molecule has 5 nitrogen and oxygen atoms in total. The lowest BCUT2D eigenvalue weighted by atomic mass is 9.95. The molecule has 5 heteroatoms. The number of rotatable bonds is 5. The maximum atomic E-state index is 12.2. The molecule has 1 aliphatic heterocycles. The monoisotopic (exact) mass is 264 g/mol. The third kappa shape index (κ3) is 3.32. The van der Waals surface area contributed by atoms with Gasteiger partial charge in [-0.15, -0.1) is 0 Å².